The second kappa shape index (κ2) is 5.82. The summed E-state index contributed by atoms with van der Waals surface area (Å²) in [5.41, 5.74) is 8.69. The predicted molar refractivity (Wildman–Crippen MR) is 88.4 cm³/mol. The Morgan fingerprint density at radius 1 is 1.41 bits per heavy atom. The Kier molecular flexibility index (Phi) is 3.87. The maximum absolute atomic E-state index is 12.5. The van der Waals surface area contributed by atoms with E-state index in [9.17, 15) is 4.79 Å². The van der Waals surface area contributed by atoms with Crippen LogP contribution < -0.4 is 11.1 Å². The van der Waals surface area contributed by atoms with E-state index in [0.717, 1.165) is 11.1 Å². The maximum Gasteiger partial charge on any atom is 0.263 e. The van der Waals surface area contributed by atoms with Crippen LogP contribution in [-0.4, -0.2) is 11.1 Å². The molecule has 0 aliphatic heterocycles. The Morgan fingerprint density at radius 3 is 2.91 bits per heavy atom. The van der Waals surface area contributed by atoms with Gasteiger partial charge in [0.25, 0.3) is 5.91 Å². The molecule has 0 fully saturated rings. The quantitative estimate of drug-likeness (QED) is 0.752. The highest BCUT2D eigenvalue weighted by atomic mass is 35.5. The van der Waals surface area contributed by atoms with Crippen molar-refractivity contribution in [2.24, 2.45) is 0 Å². The minimum atomic E-state index is -0.389. The van der Waals surface area contributed by atoms with Gasteiger partial charge in [-0.3, -0.25) is 4.79 Å². The fraction of sp³-hybridized carbons (Fsp3) is 0.0667. The Labute approximate surface area is 135 Å². The third-order valence-corrected chi connectivity index (χ3v) is 4.26. The van der Waals surface area contributed by atoms with Gasteiger partial charge in [-0.05, 0) is 36.1 Å². The van der Waals surface area contributed by atoms with Gasteiger partial charge in [-0.25, -0.2) is 0 Å². The Balaban J connectivity index is 1.92. The van der Waals surface area contributed by atoms with E-state index in [1.54, 1.807) is 12.1 Å². The van der Waals surface area contributed by atoms with Gasteiger partial charge < -0.3 is 15.6 Å². The second-order valence-corrected chi connectivity index (χ2v) is 5.89. The van der Waals surface area contributed by atoms with Gasteiger partial charge in [0.05, 0.1) is 0 Å². The van der Waals surface area contributed by atoms with Crippen LogP contribution in [0.3, 0.4) is 0 Å². The molecule has 2 aromatic heterocycles. The maximum atomic E-state index is 12.5. The molecular formula is C15H12ClN3O2S. The van der Waals surface area contributed by atoms with Crippen LogP contribution in [0.1, 0.15) is 15.9 Å². The molecule has 0 atom stereocenters. The third-order valence-electron chi connectivity index (χ3n) is 3.17. The van der Waals surface area contributed by atoms with Crippen molar-refractivity contribution in [3.8, 4) is 11.3 Å². The summed E-state index contributed by atoms with van der Waals surface area (Å²) >= 11 is 7.56. The number of nitrogen functional groups attached to an aromatic ring is 1. The lowest BCUT2D eigenvalue weighted by Gasteiger charge is -2.06. The average Bonchev–Trinajstić information content (AvgIpc) is 3.11. The standard InChI is InChI=1S/C15H12ClN3O2S/c1-8-2-3-10(6-11(8)16)18-15(20)12-13(19-21-14(12)17)9-4-5-22-7-9/h2-7H,17H2,1H3,(H,18,20). The van der Waals surface area contributed by atoms with Crippen LogP contribution in [0, 0.1) is 6.92 Å². The SMILES string of the molecule is Cc1ccc(NC(=O)c2c(-c3ccsc3)noc2N)cc1Cl. The Hall–Kier alpha value is -2.31. The van der Waals surface area contributed by atoms with Gasteiger partial charge in [0.1, 0.15) is 11.3 Å². The number of benzene rings is 1. The highest BCUT2D eigenvalue weighted by Gasteiger charge is 2.23. The van der Waals surface area contributed by atoms with Crippen molar-refractivity contribution in [1.29, 1.82) is 0 Å². The molecule has 0 saturated carbocycles. The molecule has 1 amide bonds. The van der Waals surface area contributed by atoms with E-state index >= 15 is 0 Å². The molecule has 0 radical (unpaired) electrons. The summed E-state index contributed by atoms with van der Waals surface area (Å²) in [6.45, 7) is 1.89. The largest absolute Gasteiger partial charge is 0.367 e. The molecule has 0 bridgehead atoms. The van der Waals surface area contributed by atoms with Gasteiger partial charge in [0.15, 0.2) is 0 Å². The van der Waals surface area contributed by atoms with Crippen LogP contribution in [0.25, 0.3) is 11.3 Å². The Morgan fingerprint density at radius 2 is 2.23 bits per heavy atom. The van der Waals surface area contributed by atoms with Crippen LogP contribution >= 0.6 is 22.9 Å². The zero-order valence-electron chi connectivity index (χ0n) is 11.6. The zero-order chi connectivity index (χ0) is 15.7. The minimum absolute atomic E-state index is 0.0168. The fourth-order valence-electron chi connectivity index (χ4n) is 1.98. The van der Waals surface area contributed by atoms with E-state index in [1.807, 2.05) is 29.8 Å². The summed E-state index contributed by atoms with van der Waals surface area (Å²) in [6.07, 6.45) is 0. The van der Waals surface area contributed by atoms with Crippen molar-refractivity contribution in [2.75, 3.05) is 11.1 Å². The van der Waals surface area contributed by atoms with Gasteiger partial charge in [-0.1, -0.05) is 22.8 Å². The number of hydrogen-bond donors (Lipinski definition) is 2. The first-order valence-electron chi connectivity index (χ1n) is 6.41. The number of carbonyl (C=O) groups is 1. The van der Waals surface area contributed by atoms with Crippen molar-refractivity contribution < 1.29 is 9.32 Å². The monoisotopic (exact) mass is 333 g/mol. The number of hydrogen-bond acceptors (Lipinski definition) is 5. The first-order valence-corrected chi connectivity index (χ1v) is 7.73. The van der Waals surface area contributed by atoms with Gasteiger partial charge >= 0.3 is 0 Å². The first kappa shape index (κ1) is 14.6. The molecule has 3 rings (SSSR count). The number of anilines is 2. The summed E-state index contributed by atoms with van der Waals surface area (Å²) in [6, 6.07) is 7.13. The van der Waals surface area contributed by atoms with Crippen LogP contribution in [0.15, 0.2) is 39.5 Å². The van der Waals surface area contributed by atoms with E-state index < -0.39 is 0 Å². The number of nitrogens with two attached hydrogens (primary N) is 1. The van der Waals surface area contributed by atoms with Gasteiger partial charge in [-0.2, -0.15) is 11.3 Å². The smallest absolute Gasteiger partial charge is 0.263 e. The molecule has 5 nitrogen and oxygen atoms in total. The minimum Gasteiger partial charge on any atom is -0.367 e. The molecule has 1 aromatic carbocycles. The molecule has 3 aromatic rings. The molecule has 0 aliphatic rings. The van der Waals surface area contributed by atoms with E-state index in [1.165, 1.54) is 11.3 Å². The predicted octanol–water partition coefficient (Wildman–Crippen LogP) is 4.20. The summed E-state index contributed by atoms with van der Waals surface area (Å²) < 4.78 is 4.97. The molecule has 0 aliphatic carbocycles. The average molecular weight is 334 g/mol. The number of amides is 1. The highest BCUT2D eigenvalue weighted by molar-refractivity contribution is 7.08. The lowest BCUT2D eigenvalue weighted by molar-refractivity contribution is 0.102. The van der Waals surface area contributed by atoms with Crippen LogP contribution in [0.5, 0.6) is 0 Å². The molecule has 7 heteroatoms. The third kappa shape index (κ3) is 2.70. The van der Waals surface area contributed by atoms with Crippen molar-refractivity contribution in [3.05, 3.63) is 51.2 Å². The van der Waals surface area contributed by atoms with Crippen LogP contribution in [0.4, 0.5) is 11.6 Å². The van der Waals surface area contributed by atoms with Crippen molar-refractivity contribution >= 4 is 40.4 Å². The number of thiophene rings is 1. The summed E-state index contributed by atoms with van der Waals surface area (Å²) in [5, 5.41) is 11.0. The lowest BCUT2D eigenvalue weighted by atomic mass is 10.1. The molecule has 3 N–H and O–H groups in total. The number of nitrogens with zero attached hydrogens (tertiary/aromatic N) is 1. The molecule has 22 heavy (non-hydrogen) atoms. The highest BCUT2D eigenvalue weighted by Crippen LogP contribution is 2.29. The summed E-state index contributed by atoms with van der Waals surface area (Å²) in [7, 11) is 0. The lowest BCUT2D eigenvalue weighted by Crippen LogP contribution is -2.14. The van der Waals surface area contributed by atoms with Gasteiger partial charge in [0, 0.05) is 21.7 Å². The van der Waals surface area contributed by atoms with E-state index in [2.05, 4.69) is 10.5 Å². The number of aromatic nitrogens is 1. The summed E-state index contributed by atoms with van der Waals surface area (Å²) in [5.74, 6) is -0.406. The molecule has 0 unspecified atom stereocenters. The molecular weight excluding hydrogens is 322 g/mol. The fourth-order valence-corrected chi connectivity index (χ4v) is 2.80. The number of carbonyl (C=O) groups excluding carboxylic acids is 1. The van der Waals surface area contributed by atoms with Gasteiger partial charge in [-0.15, -0.1) is 0 Å². The topological polar surface area (TPSA) is 81.2 Å². The van der Waals surface area contributed by atoms with E-state index in [4.69, 9.17) is 21.9 Å². The Bertz CT molecular complexity index is 827. The molecule has 112 valence electrons. The normalized spacial score (nSPS) is 10.6. The summed E-state index contributed by atoms with van der Waals surface area (Å²) in [4.78, 5) is 12.5. The van der Waals surface area contributed by atoms with Crippen molar-refractivity contribution in [3.63, 3.8) is 0 Å². The molecule has 0 spiro atoms. The van der Waals surface area contributed by atoms with Crippen molar-refractivity contribution in [2.45, 2.75) is 6.92 Å². The zero-order valence-corrected chi connectivity index (χ0v) is 13.2. The van der Waals surface area contributed by atoms with Crippen LogP contribution in [0.2, 0.25) is 5.02 Å². The number of nitrogens with one attached hydrogen (secondary N) is 1. The van der Waals surface area contributed by atoms with Crippen molar-refractivity contribution in [1.82, 2.24) is 5.16 Å². The second-order valence-electron chi connectivity index (χ2n) is 4.70. The van der Waals surface area contributed by atoms with E-state index in [-0.39, 0.29) is 17.4 Å². The first-order chi connectivity index (χ1) is 10.6. The number of rotatable bonds is 3. The number of halogens is 1. The number of aryl methyl sites for hydroxylation is 1. The van der Waals surface area contributed by atoms with Crippen LogP contribution in [-0.2, 0) is 0 Å². The van der Waals surface area contributed by atoms with E-state index in [0.29, 0.717) is 16.4 Å². The molecule has 2 heterocycles. The van der Waals surface area contributed by atoms with Gasteiger partial charge in [0.2, 0.25) is 5.88 Å². The molecule has 0 saturated heterocycles.